The number of anilines is 1. The molecule has 6 heteroatoms. The van der Waals surface area contributed by atoms with Gasteiger partial charge in [-0.1, -0.05) is 28.1 Å². The highest BCUT2D eigenvalue weighted by atomic mass is 79.9. The minimum absolute atomic E-state index is 0.0674. The molecule has 0 radical (unpaired) electrons. The van der Waals surface area contributed by atoms with E-state index in [0.717, 1.165) is 10.0 Å². The summed E-state index contributed by atoms with van der Waals surface area (Å²) in [6.07, 6.45) is 2.93. The molecule has 2 aromatic carbocycles. The van der Waals surface area contributed by atoms with Crippen LogP contribution in [0.2, 0.25) is 0 Å². The van der Waals surface area contributed by atoms with Gasteiger partial charge in [-0.05, 0) is 54.5 Å². The first-order chi connectivity index (χ1) is 11.8. The first-order valence-electron chi connectivity index (χ1n) is 7.60. The molecule has 4 nitrogen and oxygen atoms in total. The topological polar surface area (TPSA) is 49.4 Å². The number of nitrogens with one attached hydrogen (secondary N) is 1. The Morgan fingerprint density at radius 2 is 1.88 bits per heavy atom. The highest BCUT2D eigenvalue weighted by Crippen LogP contribution is 2.19. The molecule has 0 aliphatic rings. The molecule has 0 unspecified atom stereocenters. The molecular formula is C19H18BrFN2O2. The van der Waals surface area contributed by atoms with Gasteiger partial charge in [0.25, 0.3) is 0 Å². The van der Waals surface area contributed by atoms with Gasteiger partial charge in [0, 0.05) is 23.3 Å². The van der Waals surface area contributed by atoms with E-state index in [0.29, 0.717) is 11.3 Å². The van der Waals surface area contributed by atoms with E-state index in [2.05, 4.69) is 21.2 Å². The Bertz CT molecular complexity index is 804. The number of amides is 2. The SMILES string of the molecule is Cc1cc(Br)ccc1NC(=O)CN(C)C(=O)/C=C/c1ccc(F)cc1. The molecule has 0 spiro atoms. The zero-order valence-electron chi connectivity index (χ0n) is 13.9. The van der Waals surface area contributed by atoms with E-state index in [1.807, 2.05) is 19.1 Å². The molecule has 25 heavy (non-hydrogen) atoms. The molecule has 0 aromatic heterocycles. The van der Waals surface area contributed by atoms with Crippen LogP contribution in [0, 0.1) is 12.7 Å². The minimum atomic E-state index is -0.333. The fourth-order valence-corrected chi connectivity index (χ4v) is 2.59. The van der Waals surface area contributed by atoms with E-state index in [1.165, 1.54) is 23.1 Å². The van der Waals surface area contributed by atoms with Crippen LogP contribution >= 0.6 is 15.9 Å². The van der Waals surface area contributed by atoms with Crippen LogP contribution in [-0.4, -0.2) is 30.3 Å². The predicted molar refractivity (Wildman–Crippen MR) is 101 cm³/mol. The van der Waals surface area contributed by atoms with Crippen molar-refractivity contribution >= 4 is 39.5 Å². The molecule has 0 saturated carbocycles. The van der Waals surface area contributed by atoms with Crippen LogP contribution in [0.3, 0.4) is 0 Å². The fourth-order valence-electron chi connectivity index (χ4n) is 2.12. The third-order valence-corrected chi connectivity index (χ3v) is 4.00. The van der Waals surface area contributed by atoms with E-state index in [9.17, 15) is 14.0 Å². The number of likely N-dealkylation sites (N-methyl/N-ethyl adjacent to an activating group) is 1. The Hall–Kier alpha value is -2.47. The summed E-state index contributed by atoms with van der Waals surface area (Å²) < 4.78 is 13.8. The third-order valence-electron chi connectivity index (χ3n) is 3.51. The van der Waals surface area contributed by atoms with E-state index >= 15 is 0 Å². The lowest BCUT2D eigenvalue weighted by Gasteiger charge is -2.15. The summed E-state index contributed by atoms with van der Waals surface area (Å²) in [4.78, 5) is 25.5. The van der Waals surface area contributed by atoms with Crippen molar-refractivity contribution in [3.63, 3.8) is 0 Å². The van der Waals surface area contributed by atoms with Crippen molar-refractivity contribution in [2.45, 2.75) is 6.92 Å². The van der Waals surface area contributed by atoms with Crippen molar-refractivity contribution in [3.05, 3.63) is 70.0 Å². The van der Waals surface area contributed by atoms with Crippen molar-refractivity contribution in [2.24, 2.45) is 0 Å². The highest BCUT2D eigenvalue weighted by molar-refractivity contribution is 9.10. The Morgan fingerprint density at radius 3 is 2.52 bits per heavy atom. The van der Waals surface area contributed by atoms with Gasteiger partial charge in [0.2, 0.25) is 11.8 Å². The quantitative estimate of drug-likeness (QED) is 0.765. The van der Waals surface area contributed by atoms with Gasteiger partial charge in [-0.15, -0.1) is 0 Å². The number of benzene rings is 2. The molecule has 0 saturated heterocycles. The molecule has 0 aliphatic carbocycles. The standard InChI is InChI=1S/C19H18BrFN2O2/c1-13-11-15(20)6-9-17(13)22-18(24)12-23(2)19(25)10-5-14-3-7-16(21)8-4-14/h3-11H,12H2,1-2H3,(H,22,24)/b10-5+. The Kier molecular flexibility index (Phi) is 6.47. The monoisotopic (exact) mass is 404 g/mol. The minimum Gasteiger partial charge on any atom is -0.333 e. The predicted octanol–water partition coefficient (Wildman–Crippen LogP) is 4.01. The van der Waals surface area contributed by atoms with Crippen molar-refractivity contribution in [1.29, 1.82) is 0 Å². The summed E-state index contributed by atoms with van der Waals surface area (Å²) in [7, 11) is 1.55. The maximum Gasteiger partial charge on any atom is 0.246 e. The average Bonchev–Trinajstić information content (AvgIpc) is 2.56. The fraction of sp³-hybridized carbons (Fsp3) is 0.158. The summed E-state index contributed by atoms with van der Waals surface area (Å²) in [5.74, 6) is -0.927. The van der Waals surface area contributed by atoms with Crippen molar-refractivity contribution in [1.82, 2.24) is 4.90 Å². The lowest BCUT2D eigenvalue weighted by molar-refractivity contribution is -0.129. The molecule has 2 rings (SSSR count). The third kappa shape index (κ3) is 5.83. The van der Waals surface area contributed by atoms with Crippen molar-refractivity contribution in [3.8, 4) is 0 Å². The number of hydrogen-bond acceptors (Lipinski definition) is 2. The van der Waals surface area contributed by atoms with Gasteiger partial charge in [0.05, 0.1) is 6.54 Å². The molecule has 1 N–H and O–H groups in total. The van der Waals surface area contributed by atoms with Crippen LogP contribution < -0.4 is 5.32 Å². The van der Waals surface area contributed by atoms with Gasteiger partial charge in [-0.3, -0.25) is 9.59 Å². The molecular weight excluding hydrogens is 387 g/mol. The van der Waals surface area contributed by atoms with Gasteiger partial charge < -0.3 is 10.2 Å². The van der Waals surface area contributed by atoms with Crippen LogP contribution in [0.4, 0.5) is 10.1 Å². The largest absolute Gasteiger partial charge is 0.333 e. The maximum atomic E-state index is 12.8. The molecule has 2 amide bonds. The van der Waals surface area contributed by atoms with Crippen molar-refractivity contribution in [2.75, 3.05) is 18.9 Å². The molecule has 0 atom stereocenters. The Labute approximate surface area is 154 Å². The summed E-state index contributed by atoms with van der Waals surface area (Å²) in [5, 5.41) is 2.78. The summed E-state index contributed by atoms with van der Waals surface area (Å²) >= 11 is 3.37. The Morgan fingerprint density at radius 1 is 1.20 bits per heavy atom. The first kappa shape index (κ1) is 18.9. The molecule has 0 bridgehead atoms. The second kappa shape index (κ2) is 8.58. The highest BCUT2D eigenvalue weighted by Gasteiger charge is 2.11. The molecule has 0 heterocycles. The molecule has 0 aliphatic heterocycles. The first-order valence-corrected chi connectivity index (χ1v) is 8.39. The van der Waals surface area contributed by atoms with Crippen LogP contribution in [0.1, 0.15) is 11.1 Å². The summed E-state index contributed by atoms with van der Waals surface area (Å²) in [5.41, 5.74) is 2.34. The summed E-state index contributed by atoms with van der Waals surface area (Å²) in [6.45, 7) is 1.82. The molecule has 2 aromatic rings. The smallest absolute Gasteiger partial charge is 0.246 e. The number of carbonyl (C=O) groups is 2. The van der Waals surface area contributed by atoms with Gasteiger partial charge in [-0.25, -0.2) is 4.39 Å². The van der Waals surface area contributed by atoms with Crippen LogP contribution in [-0.2, 0) is 9.59 Å². The van der Waals surface area contributed by atoms with E-state index in [1.54, 1.807) is 31.3 Å². The lowest BCUT2D eigenvalue weighted by Crippen LogP contribution is -2.34. The second-order valence-corrected chi connectivity index (χ2v) is 6.50. The molecule has 0 fully saturated rings. The second-order valence-electron chi connectivity index (χ2n) is 5.59. The van der Waals surface area contributed by atoms with Crippen LogP contribution in [0.15, 0.2) is 53.0 Å². The number of halogens is 2. The van der Waals surface area contributed by atoms with Gasteiger partial charge in [0.15, 0.2) is 0 Å². The number of aryl methyl sites for hydroxylation is 1. The number of hydrogen-bond donors (Lipinski definition) is 1. The number of rotatable bonds is 5. The van der Waals surface area contributed by atoms with Gasteiger partial charge in [0.1, 0.15) is 5.82 Å². The summed E-state index contributed by atoms with van der Waals surface area (Å²) in [6, 6.07) is 11.3. The molecule has 130 valence electrons. The van der Waals surface area contributed by atoms with Crippen LogP contribution in [0.5, 0.6) is 0 Å². The van der Waals surface area contributed by atoms with Crippen molar-refractivity contribution < 1.29 is 14.0 Å². The van der Waals surface area contributed by atoms with E-state index < -0.39 is 0 Å². The zero-order valence-corrected chi connectivity index (χ0v) is 15.5. The number of carbonyl (C=O) groups excluding carboxylic acids is 2. The van der Waals surface area contributed by atoms with Crippen LogP contribution in [0.25, 0.3) is 6.08 Å². The van der Waals surface area contributed by atoms with Gasteiger partial charge >= 0.3 is 0 Å². The Balaban J connectivity index is 1.91. The zero-order chi connectivity index (χ0) is 18.4. The normalized spacial score (nSPS) is 10.7. The lowest BCUT2D eigenvalue weighted by atomic mass is 10.2. The van der Waals surface area contributed by atoms with E-state index in [-0.39, 0.29) is 24.2 Å². The van der Waals surface area contributed by atoms with Gasteiger partial charge in [-0.2, -0.15) is 0 Å². The maximum absolute atomic E-state index is 12.8. The van der Waals surface area contributed by atoms with E-state index in [4.69, 9.17) is 0 Å². The number of nitrogens with zero attached hydrogens (tertiary/aromatic N) is 1. The average molecular weight is 405 g/mol.